The molecule has 0 unspecified atom stereocenters. The number of nitrogens with one attached hydrogen (secondary N) is 1. The molecular weight excluding hydrogens is 502 g/mol. The number of thiophene rings is 1. The van der Waals surface area contributed by atoms with Gasteiger partial charge in [-0.1, -0.05) is 0 Å². The summed E-state index contributed by atoms with van der Waals surface area (Å²) in [6, 6.07) is 3.68. The summed E-state index contributed by atoms with van der Waals surface area (Å²) >= 11 is 1.43. The number of fused-ring (bicyclic) bond motifs is 1. The Kier molecular flexibility index (Phi) is 6.81. The van der Waals surface area contributed by atoms with Gasteiger partial charge in [-0.2, -0.15) is 0 Å². The van der Waals surface area contributed by atoms with Gasteiger partial charge in [-0.3, -0.25) is 0 Å². The Bertz CT molecular complexity index is 1500. The van der Waals surface area contributed by atoms with Gasteiger partial charge in [0.2, 0.25) is 16.0 Å². The summed E-state index contributed by atoms with van der Waals surface area (Å²) in [6.45, 7) is 4.00. The maximum Gasteiger partial charge on any atom is 0.241 e. The second kappa shape index (κ2) is 10.0. The van der Waals surface area contributed by atoms with Crippen molar-refractivity contribution < 1.29 is 18.3 Å². The number of nitrogens with two attached hydrogens (primary N) is 1. The first-order valence-corrected chi connectivity index (χ1v) is 13.6. The molecule has 1 fully saturated rings. The SMILES string of the molecule is Cc1cc(N2CCOCC2)cc(S(=O)(=O)NCCO)c1-c1csc2cnc(-c3cnc(N)nc3)nc12. The van der Waals surface area contributed by atoms with Crippen LogP contribution in [0, 0.1) is 6.92 Å². The molecule has 3 aromatic heterocycles. The van der Waals surface area contributed by atoms with E-state index in [4.69, 9.17) is 15.5 Å². The number of rotatable bonds is 7. The van der Waals surface area contributed by atoms with E-state index in [9.17, 15) is 13.5 Å². The van der Waals surface area contributed by atoms with Crippen LogP contribution in [-0.4, -0.2) is 72.9 Å². The van der Waals surface area contributed by atoms with E-state index in [2.05, 4.69) is 24.6 Å². The molecule has 0 atom stereocenters. The number of ether oxygens (including phenoxy) is 1. The number of aryl methyl sites for hydroxylation is 1. The van der Waals surface area contributed by atoms with Crippen LogP contribution < -0.4 is 15.4 Å². The third-order valence-corrected chi connectivity index (χ3v) is 8.26. The topological polar surface area (TPSA) is 156 Å². The standard InChI is InChI=1S/C23H25N7O4S2/c1-14-8-16(30-3-6-34-7-4-30)9-19(36(32,33)28-2-5-31)20(14)17-13-35-18-12-25-22(29-21(17)18)15-10-26-23(24)27-11-15/h8-13,28,31H,2-7H2,1H3,(H2,24,26,27). The Hall–Kier alpha value is -3.23. The number of aromatic nitrogens is 4. The molecule has 13 heteroatoms. The summed E-state index contributed by atoms with van der Waals surface area (Å²) in [7, 11) is -3.94. The van der Waals surface area contributed by atoms with Crippen LogP contribution in [0.5, 0.6) is 0 Å². The van der Waals surface area contributed by atoms with Crippen LogP contribution in [0.3, 0.4) is 0 Å². The normalized spacial score (nSPS) is 14.4. The van der Waals surface area contributed by atoms with E-state index in [1.54, 1.807) is 24.7 Å². The first-order valence-electron chi connectivity index (χ1n) is 11.3. The molecule has 0 amide bonds. The summed E-state index contributed by atoms with van der Waals surface area (Å²) in [5.41, 5.74) is 9.67. The van der Waals surface area contributed by atoms with Crippen LogP contribution in [-0.2, 0) is 14.8 Å². The molecule has 0 aliphatic carbocycles. The highest BCUT2D eigenvalue weighted by atomic mass is 32.2. The molecule has 4 N–H and O–H groups in total. The van der Waals surface area contributed by atoms with E-state index in [1.165, 1.54) is 11.3 Å². The van der Waals surface area contributed by atoms with E-state index >= 15 is 0 Å². The van der Waals surface area contributed by atoms with Gasteiger partial charge < -0.3 is 20.5 Å². The molecule has 11 nitrogen and oxygen atoms in total. The largest absolute Gasteiger partial charge is 0.395 e. The molecule has 0 radical (unpaired) electrons. The number of hydrogen-bond acceptors (Lipinski definition) is 11. The van der Waals surface area contributed by atoms with Gasteiger partial charge in [-0.05, 0) is 24.6 Å². The minimum Gasteiger partial charge on any atom is -0.395 e. The highest BCUT2D eigenvalue weighted by Crippen LogP contribution is 2.40. The number of aliphatic hydroxyl groups is 1. The van der Waals surface area contributed by atoms with Gasteiger partial charge in [-0.15, -0.1) is 11.3 Å². The van der Waals surface area contributed by atoms with Gasteiger partial charge in [0, 0.05) is 60.4 Å². The van der Waals surface area contributed by atoms with Crippen molar-refractivity contribution in [2.45, 2.75) is 11.8 Å². The fraction of sp³-hybridized carbons (Fsp3) is 0.304. The van der Waals surface area contributed by atoms with E-state index in [1.807, 2.05) is 18.4 Å². The minimum absolute atomic E-state index is 0.0869. The van der Waals surface area contributed by atoms with Gasteiger partial charge in [0.05, 0.1) is 40.5 Å². The van der Waals surface area contributed by atoms with Crippen molar-refractivity contribution in [2.75, 3.05) is 50.1 Å². The molecule has 1 aliphatic heterocycles. The average Bonchev–Trinajstić information content (AvgIpc) is 3.31. The molecule has 1 aromatic carbocycles. The average molecular weight is 528 g/mol. The molecule has 1 saturated heterocycles. The molecule has 36 heavy (non-hydrogen) atoms. The summed E-state index contributed by atoms with van der Waals surface area (Å²) in [6.07, 6.45) is 4.80. The Morgan fingerprint density at radius 2 is 1.92 bits per heavy atom. The van der Waals surface area contributed by atoms with Crippen LogP contribution >= 0.6 is 11.3 Å². The molecular formula is C23H25N7O4S2. The van der Waals surface area contributed by atoms with Crippen molar-refractivity contribution in [3.63, 3.8) is 0 Å². The van der Waals surface area contributed by atoms with Gasteiger partial charge in [0.15, 0.2) is 5.82 Å². The Morgan fingerprint density at radius 3 is 2.64 bits per heavy atom. The lowest BCUT2D eigenvalue weighted by molar-refractivity contribution is 0.122. The summed E-state index contributed by atoms with van der Waals surface area (Å²) < 4.78 is 35.6. The maximum atomic E-state index is 13.4. The number of nitrogens with zero attached hydrogens (tertiary/aromatic N) is 5. The molecule has 4 heterocycles. The van der Waals surface area contributed by atoms with Crippen molar-refractivity contribution in [1.82, 2.24) is 24.7 Å². The third-order valence-electron chi connectivity index (χ3n) is 5.87. The van der Waals surface area contributed by atoms with Gasteiger partial charge in [-0.25, -0.2) is 33.1 Å². The third kappa shape index (κ3) is 4.75. The highest BCUT2D eigenvalue weighted by molar-refractivity contribution is 7.89. The van der Waals surface area contributed by atoms with Crippen molar-refractivity contribution in [2.24, 2.45) is 0 Å². The zero-order valence-corrected chi connectivity index (χ0v) is 21.1. The molecule has 1 aliphatic rings. The Balaban J connectivity index is 1.69. The van der Waals surface area contributed by atoms with Crippen LogP contribution in [0.4, 0.5) is 11.6 Å². The lowest BCUT2D eigenvalue weighted by Gasteiger charge is -2.30. The Morgan fingerprint density at radius 1 is 1.17 bits per heavy atom. The fourth-order valence-electron chi connectivity index (χ4n) is 4.15. The maximum absolute atomic E-state index is 13.4. The van der Waals surface area contributed by atoms with Gasteiger partial charge in [0.1, 0.15) is 0 Å². The van der Waals surface area contributed by atoms with Gasteiger partial charge in [0.25, 0.3) is 0 Å². The summed E-state index contributed by atoms with van der Waals surface area (Å²) in [4.78, 5) is 19.4. The zero-order valence-electron chi connectivity index (χ0n) is 19.5. The highest BCUT2D eigenvalue weighted by Gasteiger charge is 2.26. The minimum atomic E-state index is -3.94. The van der Waals surface area contributed by atoms with Crippen LogP contribution in [0.2, 0.25) is 0 Å². The first kappa shape index (κ1) is 24.5. The summed E-state index contributed by atoms with van der Waals surface area (Å²) in [5, 5.41) is 11.2. The van der Waals surface area contributed by atoms with Crippen LogP contribution in [0.15, 0.2) is 41.0 Å². The number of aliphatic hydroxyl groups excluding tert-OH is 1. The molecule has 0 bridgehead atoms. The smallest absolute Gasteiger partial charge is 0.241 e. The van der Waals surface area contributed by atoms with Crippen molar-refractivity contribution in [1.29, 1.82) is 0 Å². The second-order valence-electron chi connectivity index (χ2n) is 8.24. The van der Waals surface area contributed by atoms with E-state index < -0.39 is 10.0 Å². The van der Waals surface area contributed by atoms with Gasteiger partial charge >= 0.3 is 0 Å². The monoisotopic (exact) mass is 527 g/mol. The molecule has 4 aromatic rings. The van der Waals surface area contributed by atoms with Crippen LogP contribution in [0.25, 0.3) is 32.7 Å². The predicted octanol–water partition coefficient (Wildman–Crippen LogP) is 1.81. The van der Waals surface area contributed by atoms with E-state index in [-0.39, 0.29) is 24.0 Å². The first-order chi connectivity index (χ1) is 17.4. The lowest BCUT2D eigenvalue weighted by Crippen LogP contribution is -2.36. The lowest BCUT2D eigenvalue weighted by atomic mass is 10.0. The van der Waals surface area contributed by atoms with E-state index in [0.717, 1.165) is 16.0 Å². The molecule has 0 saturated carbocycles. The molecule has 5 rings (SSSR count). The number of benzene rings is 1. The molecule has 188 valence electrons. The predicted molar refractivity (Wildman–Crippen MR) is 138 cm³/mol. The second-order valence-corrected chi connectivity index (χ2v) is 10.9. The molecule has 0 spiro atoms. The number of nitrogen functional groups attached to an aromatic ring is 1. The number of morpholine rings is 1. The van der Waals surface area contributed by atoms with Crippen molar-refractivity contribution in [3.8, 4) is 22.5 Å². The number of sulfonamides is 1. The van der Waals surface area contributed by atoms with Crippen molar-refractivity contribution in [3.05, 3.63) is 41.7 Å². The fourth-order valence-corrected chi connectivity index (χ4v) is 6.34. The number of anilines is 2. The van der Waals surface area contributed by atoms with Crippen molar-refractivity contribution >= 4 is 43.2 Å². The van der Waals surface area contributed by atoms with Crippen LogP contribution in [0.1, 0.15) is 5.56 Å². The summed E-state index contributed by atoms with van der Waals surface area (Å²) in [5.74, 6) is 0.560. The van der Waals surface area contributed by atoms with E-state index in [0.29, 0.717) is 54.3 Å². The number of hydrogen-bond donors (Lipinski definition) is 3. The zero-order chi connectivity index (χ0) is 25.3. The quantitative estimate of drug-likeness (QED) is 0.324. The Labute approximate surface area is 212 Å².